The molecule has 9 aromatic carbocycles. The van der Waals surface area contributed by atoms with Gasteiger partial charge in [-0.05, 0) is 104 Å². The van der Waals surface area contributed by atoms with Gasteiger partial charge in [0, 0.05) is 33.9 Å². The summed E-state index contributed by atoms with van der Waals surface area (Å²) in [5.41, 5.74) is 14.4. The maximum Gasteiger partial charge on any atom is 0.137 e. The van der Waals surface area contributed by atoms with E-state index in [1.54, 1.807) is 0 Å². The third-order valence-electron chi connectivity index (χ3n) is 10.5. The van der Waals surface area contributed by atoms with E-state index < -0.39 is 0 Å². The van der Waals surface area contributed by atoms with Crippen molar-refractivity contribution in [2.75, 3.05) is 4.90 Å². The van der Waals surface area contributed by atoms with Gasteiger partial charge in [-0.15, -0.1) is 0 Å². The topological polar surface area (TPSA) is 16.4 Å². The highest BCUT2D eigenvalue weighted by atomic mass is 16.3. The van der Waals surface area contributed by atoms with Crippen LogP contribution in [0.2, 0.25) is 0 Å². The maximum atomic E-state index is 6.66. The molecule has 0 saturated heterocycles. The van der Waals surface area contributed by atoms with E-state index in [1.165, 1.54) is 44.2 Å². The molecule has 0 N–H and O–H groups in total. The van der Waals surface area contributed by atoms with E-state index in [2.05, 4.69) is 217 Å². The third-order valence-corrected chi connectivity index (χ3v) is 10.5. The van der Waals surface area contributed by atoms with Gasteiger partial charge in [0.25, 0.3) is 0 Å². The predicted octanol–water partition coefficient (Wildman–Crippen LogP) is 14.9. The summed E-state index contributed by atoms with van der Waals surface area (Å²) < 4.78 is 6.66. The molecule has 0 radical (unpaired) electrons. The minimum absolute atomic E-state index is 0.855. The van der Waals surface area contributed by atoms with E-state index in [0.29, 0.717) is 0 Å². The van der Waals surface area contributed by atoms with Crippen LogP contribution in [0, 0.1) is 0 Å². The summed E-state index contributed by atoms with van der Waals surface area (Å²) in [6, 6.07) is 75.7. The van der Waals surface area contributed by atoms with Crippen LogP contribution in [0.3, 0.4) is 0 Å². The first-order chi connectivity index (χ1) is 26.8. The number of hydrogen-bond donors (Lipinski definition) is 0. The highest BCUT2D eigenvalue weighted by molar-refractivity contribution is 6.13. The summed E-state index contributed by atoms with van der Waals surface area (Å²) in [5.74, 6) is 0. The Labute approximate surface area is 314 Å². The molecule has 10 aromatic rings. The Kier molecular flexibility index (Phi) is 7.85. The molecule has 0 aliphatic rings. The third kappa shape index (κ3) is 5.71. The van der Waals surface area contributed by atoms with Gasteiger partial charge in [-0.25, -0.2) is 0 Å². The second-order valence-corrected chi connectivity index (χ2v) is 13.7. The fourth-order valence-corrected chi connectivity index (χ4v) is 7.86. The number of fused-ring (bicyclic) bond motifs is 4. The van der Waals surface area contributed by atoms with Crippen LogP contribution in [0.25, 0.3) is 77.2 Å². The molecule has 0 unspecified atom stereocenters. The molecule has 54 heavy (non-hydrogen) atoms. The zero-order valence-corrected chi connectivity index (χ0v) is 29.6. The molecule has 2 nitrogen and oxygen atoms in total. The summed E-state index contributed by atoms with van der Waals surface area (Å²) in [5, 5.41) is 4.70. The van der Waals surface area contributed by atoms with Crippen LogP contribution >= 0.6 is 0 Å². The van der Waals surface area contributed by atoms with Gasteiger partial charge >= 0.3 is 0 Å². The highest BCUT2D eigenvalue weighted by Crippen LogP contribution is 2.42. The summed E-state index contributed by atoms with van der Waals surface area (Å²) in [7, 11) is 0. The second-order valence-electron chi connectivity index (χ2n) is 13.7. The smallest absolute Gasteiger partial charge is 0.137 e. The standard InChI is InChI=1S/C52H35NO/c1-3-13-36(14-4-1)37-27-29-38(30-28-37)40-17-9-18-41(33-40)48-25-12-26-50-52(48)49-32-31-45(35-51(49)54-50)53(43-20-5-2-6-21-43)44-22-10-19-42(34-44)47-24-11-16-39-15-7-8-23-46(39)47/h1-35H. The summed E-state index contributed by atoms with van der Waals surface area (Å²) >= 11 is 0. The number of rotatable bonds is 7. The average Bonchev–Trinajstić information content (AvgIpc) is 3.63. The molecule has 10 rings (SSSR count). The van der Waals surface area contributed by atoms with E-state index in [9.17, 15) is 0 Å². The largest absolute Gasteiger partial charge is 0.456 e. The molecule has 0 saturated carbocycles. The van der Waals surface area contributed by atoms with Gasteiger partial charge in [0.05, 0.1) is 0 Å². The molecule has 0 fully saturated rings. The Bertz CT molecular complexity index is 2920. The fourth-order valence-electron chi connectivity index (χ4n) is 7.86. The molecule has 0 spiro atoms. The lowest BCUT2D eigenvalue weighted by Crippen LogP contribution is -2.09. The number of furan rings is 1. The van der Waals surface area contributed by atoms with Crippen molar-refractivity contribution in [3.05, 3.63) is 212 Å². The summed E-state index contributed by atoms with van der Waals surface area (Å²) in [6.45, 7) is 0. The molecule has 1 aromatic heterocycles. The zero-order chi connectivity index (χ0) is 35.8. The van der Waals surface area contributed by atoms with Gasteiger partial charge in [0.2, 0.25) is 0 Å². The van der Waals surface area contributed by atoms with Gasteiger partial charge in [0.15, 0.2) is 0 Å². The Hall–Kier alpha value is -7.16. The molecular weight excluding hydrogens is 655 g/mol. The maximum absolute atomic E-state index is 6.66. The lowest BCUT2D eigenvalue weighted by molar-refractivity contribution is 0.669. The van der Waals surface area contributed by atoms with Gasteiger partial charge < -0.3 is 9.32 Å². The summed E-state index contributed by atoms with van der Waals surface area (Å²) in [4.78, 5) is 2.31. The van der Waals surface area contributed by atoms with Crippen molar-refractivity contribution in [3.8, 4) is 44.5 Å². The van der Waals surface area contributed by atoms with Gasteiger partial charge in [-0.2, -0.15) is 0 Å². The van der Waals surface area contributed by atoms with E-state index in [1.807, 2.05) is 0 Å². The lowest BCUT2D eigenvalue weighted by atomic mass is 9.95. The fraction of sp³-hybridized carbons (Fsp3) is 0. The van der Waals surface area contributed by atoms with E-state index in [-0.39, 0.29) is 0 Å². The molecule has 0 amide bonds. The predicted molar refractivity (Wildman–Crippen MR) is 228 cm³/mol. The Balaban J connectivity index is 1.05. The molecule has 0 aliphatic carbocycles. The number of nitrogens with zero attached hydrogens (tertiary/aromatic N) is 1. The van der Waals surface area contributed by atoms with Crippen LogP contribution in [0.4, 0.5) is 17.1 Å². The van der Waals surface area contributed by atoms with Gasteiger partial charge in [0.1, 0.15) is 11.2 Å². The molecule has 0 aliphatic heterocycles. The molecule has 1 heterocycles. The van der Waals surface area contributed by atoms with Crippen LogP contribution in [0.15, 0.2) is 217 Å². The van der Waals surface area contributed by atoms with Crippen LogP contribution in [0.1, 0.15) is 0 Å². The summed E-state index contributed by atoms with van der Waals surface area (Å²) in [6.07, 6.45) is 0. The van der Waals surface area contributed by atoms with Crippen LogP contribution in [-0.2, 0) is 0 Å². The quantitative estimate of drug-likeness (QED) is 0.166. The van der Waals surface area contributed by atoms with Crippen molar-refractivity contribution in [2.24, 2.45) is 0 Å². The number of anilines is 3. The van der Waals surface area contributed by atoms with Crippen molar-refractivity contribution >= 4 is 49.8 Å². The van der Waals surface area contributed by atoms with E-state index in [4.69, 9.17) is 4.42 Å². The second kappa shape index (κ2) is 13.4. The van der Waals surface area contributed by atoms with E-state index >= 15 is 0 Å². The number of hydrogen-bond acceptors (Lipinski definition) is 2. The normalized spacial score (nSPS) is 11.3. The molecule has 254 valence electrons. The zero-order valence-electron chi connectivity index (χ0n) is 29.6. The first-order valence-corrected chi connectivity index (χ1v) is 18.4. The van der Waals surface area contributed by atoms with Gasteiger partial charge in [-0.3, -0.25) is 0 Å². The van der Waals surface area contributed by atoms with Crippen molar-refractivity contribution in [3.63, 3.8) is 0 Å². The average molecular weight is 690 g/mol. The number of para-hydroxylation sites is 1. The lowest BCUT2D eigenvalue weighted by Gasteiger charge is -2.26. The van der Waals surface area contributed by atoms with Crippen molar-refractivity contribution < 1.29 is 4.42 Å². The number of benzene rings is 9. The van der Waals surface area contributed by atoms with Crippen LogP contribution in [0.5, 0.6) is 0 Å². The first kappa shape index (κ1) is 31.6. The van der Waals surface area contributed by atoms with Crippen molar-refractivity contribution in [2.45, 2.75) is 0 Å². The van der Waals surface area contributed by atoms with Gasteiger partial charge in [-0.1, -0.05) is 158 Å². The van der Waals surface area contributed by atoms with Crippen LogP contribution < -0.4 is 4.90 Å². The molecule has 0 bridgehead atoms. The highest BCUT2D eigenvalue weighted by Gasteiger charge is 2.18. The Morgan fingerprint density at radius 3 is 1.69 bits per heavy atom. The first-order valence-electron chi connectivity index (χ1n) is 18.4. The molecular formula is C52H35NO. The van der Waals surface area contributed by atoms with Crippen molar-refractivity contribution in [1.82, 2.24) is 0 Å². The van der Waals surface area contributed by atoms with Crippen LogP contribution in [-0.4, -0.2) is 0 Å². The molecule has 2 heteroatoms. The molecule has 0 atom stereocenters. The van der Waals surface area contributed by atoms with Crippen molar-refractivity contribution in [1.29, 1.82) is 0 Å². The minimum atomic E-state index is 0.855. The SMILES string of the molecule is c1ccc(-c2ccc(-c3cccc(-c4cccc5oc6cc(N(c7ccccc7)c7cccc(-c8cccc9ccccc89)c7)ccc6c45)c3)cc2)cc1. The monoisotopic (exact) mass is 689 g/mol. The minimum Gasteiger partial charge on any atom is -0.456 e. The van der Waals surface area contributed by atoms with E-state index in [0.717, 1.165) is 50.1 Å². The Morgan fingerprint density at radius 1 is 0.296 bits per heavy atom. The Morgan fingerprint density at radius 2 is 0.852 bits per heavy atom.